The molecule has 0 aliphatic heterocycles. The molecule has 1 aromatic heterocycles. The minimum absolute atomic E-state index is 0.493. The third kappa shape index (κ3) is 1.21. The maximum atomic E-state index is 8.77. The minimum atomic E-state index is 0.493. The average Bonchev–Trinajstić information content (AvgIpc) is 2.19. The van der Waals surface area contributed by atoms with Gasteiger partial charge in [-0.2, -0.15) is 5.26 Å². The van der Waals surface area contributed by atoms with Crippen LogP contribution in [0.5, 0.6) is 0 Å². The lowest BCUT2D eigenvalue weighted by molar-refractivity contribution is 1.29. The highest BCUT2D eigenvalue weighted by Crippen LogP contribution is 2.21. The van der Waals surface area contributed by atoms with Gasteiger partial charge < -0.3 is 0 Å². The van der Waals surface area contributed by atoms with Crippen molar-refractivity contribution in [2.75, 3.05) is 0 Å². The Morgan fingerprint density at radius 3 is 2.54 bits per heavy atom. The maximum absolute atomic E-state index is 8.77. The first-order valence-electron chi connectivity index (χ1n) is 3.62. The van der Waals surface area contributed by atoms with E-state index in [1.54, 1.807) is 24.5 Å². The summed E-state index contributed by atoms with van der Waals surface area (Å²) in [5.74, 6) is 0. The second kappa shape index (κ2) is 3.00. The summed E-state index contributed by atoms with van der Waals surface area (Å²) in [5, 5.41) is 9.28. The van der Waals surface area contributed by atoms with Gasteiger partial charge in [-0.25, -0.2) is 0 Å². The Bertz CT molecular complexity index is 502. The summed E-state index contributed by atoms with van der Waals surface area (Å²) in [6.45, 7) is 0. The van der Waals surface area contributed by atoms with Crippen LogP contribution in [-0.2, 0) is 0 Å². The van der Waals surface area contributed by atoms with Crippen molar-refractivity contribution < 1.29 is 0 Å². The fourth-order valence-corrected chi connectivity index (χ4v) is 1.32. The number of benzene rings is 1. The van der Waals surface area contributed by atoms with Crippen molar-refractivity contribution in [1.82, 2.24) is 9.97 Å². The molecule has 4 heteroatoms. The van der Waals surface area contributed by atoms with Crippen molar-refractivity contribution in [3.05, 3.63) is 35.1 Å². The van der Waals surface area contributed by atoms with Gasteiger partial charge in [0.25, 0.3) is 0 Å². The predicted molar refractivity (Wildman–Crippen MR) is 49.3 cm³/mol. The molecule has 0 bridgehead atoms. The van der Waals surface area contributed by atoms with Crippen LogP contribution in [0.2, 0.25) is 5.02 Å². The van der Waals surface area contributed by atoms with Gasteiger partial charge in [0.15, 0.2) is 0 Å². The van der Waals surface area contributed by atoms with Crippen LogP contribution in [-0.4, -0.2) is 9.97 Å². The lowest BCUT2D eigenvalue weighted by atomic mass is 10.2. The molecule has 0 saturated carbocycles. The van der Waals surface area contributed by atoms with Gasteiger partial charge in [-0.3, -0.25) is 9.97 Å². The van der Waals surface area contributed by atoms with Crippen molar-refractivity contribution in [2.24, 2.45) is 0 Å². The first kappa shape index (κ1) is 7.96. The van der Waals surface area contributed by atoms with E-state index < -0.39 is 0 Å². The summed E-state index contributed by atoms with van der Waals surface area (Å²) in [7, 11) is 0. The van der Waals surface area contributed by atoms with Gasteiger partial charge in [0.05, 0.1) is 10.6 Å². The molecule has 0 aliphatic carbocycles. The van der Waals surface area contributed by atoms with Gasteiger partial charge in [-0.1, -0.05) is 11.6 Å². The predicted octanol–water partition coefficient (Wildman–Crippen LogP) is 2.15. The fourth-order valence-electron chi connectivity index (χ4n) is 1.11. The highest BCUT2D eigenvalue weighted by molar-refractivity contribution is 6.35. The first-order valence-corrected chi connectivity index (χ1v) is 4.00. The first-order chi connectivity index (χ1) is 6.33. The molecular weight excluding hydrogens is 186 g/mol. The maximum Gasteiger partial charge on any atom is 0.109 e. The van der Waals surface area contributed by atoms with E-state index >= 15 is 0 Å². The lowest BCUT2D eigenvalue weighted by Crippen LogP contribution is -1.87. The fraction of sp³-hybridized carbons (Fsp3) is 0. The van der Waals surface area contributed by atoms with E-state index in [1.807, 2.05) is 6.07 Å². The van der Waals surface area contributed by atoms with E-state index in [4.69, 9.17) is 16.9 Å². The van der Waals surface area contributed by atoms with Gasteiger partial charge >= 0.3 is 0 Å². The van der Waals surface area contributed by atoms with E-state index in [0.717, 1.165) is 0 Å². The number of nitriles is 1. The highest BCUT2D eigenvalue weighted by atomic mass is 35.5. The Morgan fingerprint density at radius 1 is 1.15 bits per heavy atom. The quantitative estimate of drug-likeness (QED) is 0.638. The average molecular weight is 190 g/mol. The summed E-state index contributed by atoms with van der Waals surface area (Å²) in [6.07, 6.45) is 3.09. The van der Waals surface area contributed by atoms with Crippen LogP contribution in [0.1, 0.15) is 5.56 Å². The topological polar surface area (TPSA) is 49.6 Å². The molecular formula is C9H4ClN3. The van der Waals surface area contributed by atoms with Crippen LogP contribution in [0.25, 0.3) is 11.0 Å². The van der Waals surface area contributed by atoms with Crippen molar-refractivity contribution in [1.29, 1.82) is 5.26 Å². The van der Waals surface area contributed by atoms with Gasteiger partial charge in [-0.15, -0.1) is 0 Å². The highest BCUT2D eigenvalue weighted by Gasteiger charge is 2.05. The molecule has 0 aliphatic rings. The van der Waals surface area contributed by atoms with Crippen LogP contribution >= 0.6 is 11.6 Å². The molecule has 0 spiro atoms. The summed E-state index contributed by atoms with van der Waals surface area (Å²) >= 11 is 5.87. The third-order valence-corrected chi connectivity index (χ3v) is 2.00. The molecule has 62 valence electrons. The van der Waals surface area contributed by atoms with Crippen LogP contribution in [0.3, 0.4) is 0 Å². The number of hydrogen-bond acceptors (Lipinski definition) is 3. The Labute approximate surface area is 79.6 Å². The SMILES string of the molecule is N#Cc1ccc(Cl)c2nccnc12. The Morgan fingerprint density at radius 2 is 1.85 bits per heavy atom. The monoisotopic (exact) mass is 189 g/mol. The molecule has 1 heterocycles. The standard InChI is InChI=1S/C9H4ClN3/c10-7-2-1-6(5-11)8-9(7)13-4-3-12-8/h1-4H. The molecule has 0 atom stereocenters. The Hall–Kier alpha value is -1.66. The van der Waals surface area contributed by atoms with Crippen molar-refractivity contribution in [2.45, 2.75) is 0 Å². The third-order valence-electron chi connectivity index (χ3n) is 1.70. The summed E-state index contributed by atoms with van der Waals surface area (Å²) in [4.78, 5) is 8.09. The second-order valence-electron chi connectivity index (χ2n) is 2.46. The Kier molecular flexibility index (Phi) is 1.84. The van der Waals surface area contributed by atoms with E-state index in [2.05, 4.69) is 9.97 Å². The minimum Gasteiger partial charge on any atom is -0.252 e. The van der Waals surface area contributed by atoms with E-state index in [9.17, 15) is 0 Å². The molecule has 2 rings (SSSR count). The van der Waals surface area contributed by atoms with Gasteiger partial charge in [-0.05, 0) is 12.1 Å². The molecule has 0 fully saturated rings. The van der Waals surface area contributed by atoms with Crippen LogP contribution in [0, 0.1) is 11.3 Å². The number of aromatic nitrogens is 2. The second-order valence-corrected chi connectivity index (χ2v) is 2.87. The Balaban J connectivity index is 2.95. The van der Waals surface area contributed by atoms with Gasteiger partial charge in [0, 0.05) is 12.4 Å². The molecule has 0 N–H and O–H groups in total. The summed E-state index contributed by atoms with van der Waals surface area (Å²) in [5.41, 5.74) is 1.62. The lowest BCUT2D eigenvalue weighted by Gasteiger charge is -1.98. The normalized spacial score (nSPS) is 9.85. The zero-order chi connectivity index (χ0) is 9.26. The van der Waals surface area contributed by atoms with Crippen LogP contribution in [0.15, 0.2) is 24.5 Å². The molecule has 13 heavy (non-hydrogen) atoms. The molecule has 0 saturated heterocycles. The van der Waals surface area contributed by atoms with E-state index in [-0.39, 0.29) is 0 Å². The van der Waals surface area contributed by atoms with E-state index in [1.165, 1.54) is 0 Å². The van der Waals surface area contributed by atoms with Crippen LogP contribution in [0.4, 0.5) is 0 Å². The van der Waals surface area contributed by atoms with Crippen molar-refractivity contribution in [3.63, 3.8) is 0 Å². The van der Waals surface area contributed by atoms with E-state index in [0.29, 0.717) is 21.6 Å². The number of rotatable bonds is 0. The van der Waals surface area contributed by atoms with Crippen molar-refractivity contribution >= 4 is 22.6 Å². The molecule has 0 amide bonds. The summed E-state index contributed by atoms with van der Waals surface area (Å²) < 4.78 is 0. The molecule has 3 nitrogen and oxygen atoms in total. The largest absolute Gasteiger partial charge is 0.252 e. The summed E-state index contributed by atoms with van der Waals surface area (Å²) in [6, 6.07) is 5.32. The van der Waals surface area contributed by atoms with Crippen LogP contribution < -0.4 is 0 Å². The smallest absolute Gasteiger partial charge is 0.109 e. The molecule has 1 aromatic carbocycles. The number of hydrogen-bond donors (Lipinski definition) is 0. The van der Waals surface area contributed by atoms with Gasteiger partial charge in [0.1, 0.15) is 17.1 Å². The number of nitrogens with zero attached hydrogens (tertiary/aromatic N) is 3. The molecule has 0 unspecified atom stereocenters. The number of halogens is 1. The van der Waals surface area contributed by atoms with Crippen molar-refractivity contribution in [3.8, 4) is 6.07 Å². The molecule has 0 radical (unpaired) electrons. The molecule has 2 aromatic rings. The zero-order valence-corrected chi connectivity index (χ0v) is 7.28. The zero-order valence-electron chi connectivity index (χ0n) is 6.53. The number of fused-ring (bicyclic) bond motifs is 1. The van der Waals surface area contributed by atoms with Gasteiger partial charge in [0.2, 0.25) is 0 Å².